The maximum Gasteiger partial charge on any atom is 0.238 e. The van der Waals surface area contributed by atoms with Crippen LogP contribution in [-0.4, -0.2) is 18.6 Å². The molecule has 0 aliphatic carbocycles. The Labute approximate surface area is 91.8 Å². The first-order valence-electron chi connectivity index (χ1n) is 4.38. The van der Waals surface area contributed by atoms with Gasteiger partial charge in [-0.15, -0.1) is 0 Å². The van der Waals surface area contributed by atoms with Crippen molar-refractivity contribution in [3.8, 4) is 11.5 Å². The minimum absolute atomic E-state index is 0.0324. The van der Waals surface area contributed by atoms with Crippen LogP contribution in [0.2, 0.25) is 0 Å². The molecule has 84 valence electrons. The van der Waals surface area contributed by atoms with Gasteiger partial charge in [-0.25, -0.2) is 13.6 Å². The van der Waals surface area contributed by atoms with E-state index in [2.05, 4.69) is 0 Å². The van der Waals surface area contributed by atoms with Gasteiger partial charge < -0.3 is 10.2 Å². The zero-order chi connectivity index (χ0) is 11.9. The third-order valence-corrected chi connectivity index (χ3v) is 3.22. The number of fused-ring (bicyclic) bond motifs is 1. The van der Waals surface area contributed by atoms with Crippen molar-refractivity contribution in [3.05, 3.63) is 30.3 Å². The van der Waals surface area contributed by atoms with Crippen LogP contribution in [0.3, 0.4) is 0 Å². The third kappa shape index (κ3) is 1.58. The predicted molar refractivity (Wildman–Crippen MR) is 58.7 cm³/mol. The summed E-state index contributed by atoms with van der Waals surface area (Å²) in [6, 6.07) is 6.72. The van der Waals surface area contributed by atoms with E-state index in [1.807, 2.05) is 0 Å². The van der Waals surface area contributed by atoms with Gasteiger partial charge in [0.25, 0.3) is 0 Å². The number of sulfonamides is 1. The Kier molecular flexibility index (Phi) is 2.25. The molecule has 2 aromatic rings. The fourth-order valence-electron chi connectivity index (χ4n) is 1.58. The number of nitrogens with two attached hydrogens (primary N) is 1. The van der Waals surface area contributed by atoms with E-state index < -0.39 is 10.0 Å². The van der Waals surface area contributed by atoms with Gasteiger partial charge in [-0.2, -0.15) is 0 Å². The van der Waals surface area contributed by atoms with Crippen molar-refractivity contribution < 1.29 is 18.6 Å². The number of hydrogen-bond donors (Lipinski definition) is 3. The zero-order valence-electron chi connectivity index (χ0n) is 8.08. The van der Waals surface area contributed by atoms with Crippen LogP contribution in [0.5, 0.6) is 11.5 Å². The Morgan fingerprint density at radius 1 is 1.00 bits per heavy atom. The Bertz CT molecular complexity index is 664. The summed E-state index contributed by atoms with van der Waals surface area (Å²) in [6.45, 7) is 0. The molecule has 0 unspecified atom stereocenters. The van der Waals surface area contributed by atoms with Crippen molar-refractivity contribution in [2.45, 2.75) is 4.90 Å². The second-order valence-corrected chi connectivity index (χ2v) is 4.86. The summed E-state index contributed by atoms with van der Waals surface area (Å²) in [4.78, 5) is -0.210. The Morgan fingerprint density at radius 3 is 2.25 bits per heavy atom. The average Bonchev–Trinajstić information content (AvgIpc) is 2.22. The maximum atomic E-state index is 11.3. The van der Waals surface area contributed by atoms with E-state index >= 15 is 0 Å². The Morgan fingerprint density at radius 2 is 1.62 bits per heavy atom. The van der Waals surface area contributed by atoms with Crippen molar-refractivity contribution in [3.63, 3.8) is 0 Å². The van der Waals surface area contributed by atoms with Crippen LogP contribution in [0, 0.1) is 0 Å². The molecule has 0 aromatic heterocycles. The number of phenols is 2. The van der Waals surface area contributed by atoms with Crippen molar-refractivity contribution in [1.29, 1.82) is 0 Å². The van der Waals surface area contributed by atoms with Gasteiger partial charge in [-0.3, -0.25) is 0 Å². The monoisotopic (exact) mass is 239 g/mol. The smallest absolute Gasteiger partial charge is 0.238 e. The highest BCUT2D eigenvalue weighted by atomic mass is 32.2. The molecule has 0 spiro atoms. The molecule has 5 nitrogen and oxygen atoms in total. The molecule has 0 saturated heterocycles. The molecule has 0 aliphatic rings. The van der Waals surface area contributed by atoms with Crippen LogP contribution in [0.15, 0.2) is 35.2 Å². The van der Waals surface area contributed by atoms with Crippen LogP contribution in [-0.2, 0) is 10.0 Å². The van der Waals surface area contributed by atoms with Crippen molar-refractivity contribution in [2.24, 2.45) is 5.14 Å². The molecule has 6 heteroatoms. The lowest BCUT2D eigenvalue weighted by Crippen LogP contribution is -2.12. The van der Waals surface area contributed by atoms with Gasteiger partial charge in [0, 0.05) is 10.8 Å². The first kappa shape index (κ1) is 10.7. The lowest BCUT2D eigenvalue weighted by atomic mass is 10.1. The van der Waals surface area contributed by atoms with Crippen LogP contribution in [0.25, 0.3) is 10.8 Å². The van der Waals surface area contributed by atoms with Gasteiger partial charge in [0.15, 0.2) is 0 Å². The topological polar surface area (TPSA) is 101 Å². The predicted octanol–water partition coefficient (Wildman–Crippen LogP) is 0.898. The van der Waals surface area contributed by atoms with Gasteiger partial charge in [0.1, 0.15) is 11.5 Å². The summed E-state index contributed by atoms with van der Waals surface area (Å²) >= 11 is 0. The number of primary sulfonamides is 1. The number of benzene rings is 2. The summed E-state index contributed by atoms with van der Waals surface area (Å²) in [5, 5.41) is 24.4. The highest BCUT2D eigenvalue weighted by molar-refractivity contribution is 7.89. The van der Waals surface area contributed by atoms with Crippen molar-refractivity contribution >= 4 is 20.8 Å². The van der Waals surface area contributed by atoms with Crippen LogP contribution < -0.4 is 5.14 Å². The summed E-state index contributed by atoms with van der Waals surface area (Å²) in [7, 11) is -3.94. The highest BCUT2D eigenvalue weighted by Crippen LogP contribution is 2.35. The minimum Gasteiger partial charge on any atom is -0.507 e. The van der Waals surface area contributed by atoms with Crippen molar-refractivity contribution in [2.75, 3.05) is 0 Å². The molecule has 0 saturated carbocycles. The molecule has 16 heavy (non-hydrogen) atoms. The molecule has 0 bridgehead atoms. The fourth-order valence-corrected chi connectivity index (χ4v) is 2.34. The quantitative estimate of drug-likeness (QED) is 0.643. The second kappa shape index (κ2) is 3.36. The first-order chi connectivity index (χ1) is 7.41. The van der Waals surface area contributed by atoms with Crippen LogP contribution in [0.1, 0.15) is 0 Å². The molecule has 2 rings (SSSR count). The standard InChI is InChI=1S/C10H9NO4S/c11-16(14,15)9-3-1-2-6-7(12)4-5-8(13)10(6)9/h1-5,12-13H,(H2,11,14,15). The van der Waals surface area contributed by atoms with E-state index in [0.29, 0.717) is 0 Å². The molecule has 2 aromatic carbocycles. The van der Waals surface area contributed by atoms with E-state index in [1.165, 1.54) is 30.3 Å². The molecular formula is C10H9NO4S. The molecule has 0 amide bonds. The molecule has 0 fully saturated rings. The number of phenolic OH excluding ortho intramolecular Hbond substituents is 2. The van der Waals surface area contributed by atoms with Gasteiger partial charge in [0.05, 0.1) is 4.90 Å². The zero-order valence-corrected chi connectivity index (χ0v) is 8.90. The fraction of sp³-hybridized carbons (Fsp3) is 0. The lowest BCUT2D eigenvalue weighted by molar-refractivity contribution is 0.468. The molecule has 0 radical (unpaired) electrons. The third-order valence-electron chi connectivity index (χ3n) is 2.26. The summed E-state index contributed by atoms with van der Waals surface area (Å²) in [5.74, 6) is -0.351. The molecular weight excluding hydrogens is 230 g/mol. The number of hydrogen-bond acceptors (Lipinski definition) is 4. The highest BCUT2D eigenvalue weighted by Gasteiger charge is 2.16. The van der Waals surface area contributed by atoms with Gasteiger partial charge in [-0.05, 0) is 18.2 Å². The first-order valence-corrected chi connectivity index (χ1v) is 5.92. The van der Waals surface area contributed by atoms with E-state index in [9.17, 15) is 18.6 Å². The lowest BCUT2D eigenvalue weighted by Gasteiger charge is -2.07. The number of rotatable bonds is 1. The molecule has 4 N–H and O–H groups in total. The summed E-state index contributed by atoms with van der Waals surface area (Å²) in [5.41, 5.74) is 0. The molecule has 0 heterocycles. The average molecular weight is 239 g/mol. The second-order valence-electron chi connectivity index (χ2n) is 3.33. The van der Waals surface area contributed by atoms with E-state index in [1.54, 1.807) is 0 Å². The molecule has 0 atom stereocenters. The normalized spacial score (nSPS) is 11.8. The van der Waals surface area contributed by atoms with Crippen LogP contribution in [0.4, 0.5) is 0 Å². The minimum atomic E-state index is -3.94. The van der Waals surface area contributed by atoms with E-state index in [-0.39, 0.29) is 27.2 Å². The number of aromatic hydroxyl groups is 2. The Balaban J connectivity index is 3.04. The van der Waals surface area contributed by atoms with Gasteiger partial charge >= 0.3 is 0 Å². The maximum absolute atomic E-state index is 11.3. The van der Waals surface area contributed by atoms with E-state index in [4.69, 9.17) is 5.14 Å². The van der Waals surface area contributed by atoms with Gasteiger partial charge in [0.2, 0.25) is 10.0 Å². The van der Waals surface area contributed by atoms with Crippen molar-refractivity contribution in [1.82, 2.24) is 0 Å². The summed E-state index contributed by atoms with van der Waals surface area (Å²) in [6.07, 6.45) is 0. The van der Waals surface area contributed by atoms with Gasteiger partial charge in [-0.1, -0.05) is 12.1 Å². The Hall–Kier alpha value is -1.79. The largest absolute Gasteiger partial charge is 0.507 e. The van der Waals surface area contributed by atoms with Crippen LogP contribution >= 0.6 is 0 Å². The summed E-state index contributed by atoms with van der Waals surface area (Å²) < 4.78 is 22.6. The SMILES string of the molecule is NS(=O)(=O)c1cccc2c(O)ccc(O)c12. The van der Waals surface area contributed by atoms with E-state index in [0.717, 1.165) is 0 Å². The molecule has 0 aliphatic heterocycles.